The van der Waals surface area contributed by atoms with Crippen molar-refractivity contribution in [2.75, 3.05) is 5.32 Å². The number of carbonyl (C=O) groups excluding carboxylic acids is 1. The normalized spacial score (nSPS) is 14.3. The molecule has 10 heteroatoms. The first-order valence-electron chi connectivity index (χ1n) is 13.0. The first kappa shape index (κ1) is 23.3. The van der Waals surface area contributed by atoms with Gasteiger partial charge in [-0.2, -0.15) is 5.10 Å². The van der Waals surface area contributed by atoms with Gasteiger partial charge in [-0.15, -0.1) is 0 Å². The topological polar surface area (TPSA) is 125 Å². The molecule has 0 aliphatic heterocycles. The van der Waals surface area contributed by atoms with Gasteiger partial charge in [-0.05, 0) is 43.2 Å². The number of aromatic amines is 2. The van der Waals surface area contributed by atoms with E-state index in [0.29, 0.717) is 50.4 Å². The summed E-state index contributed by atoms with van der Waals surface area (Å²) < 4.78 is 21.3. The first-order valence-corrected chi connectivity index (χ1v) is 13.0. The predicted octanol–water partition coefficient (Wildman–Crippen LogP) is 6.48. The van der Waals surface area contributed by atoms with Crippen LogP contribution in [0.3, 0.4) is 0 Å². The van der Waals surface area contributed by atoms with Gasteiger partial charge in [0.1, 0.15) is 22.7 Å². The Balaban J connectivity index is 1.26. The second-order valence-electron chi connectivity index (χ2n) is 9.86. The number of fused-ring (bicyclic) bond motifs is 2. The molecule has 1 amide bonds. The molecule has 0 radical (unpaired) electrons. The van der Waals surface area contributed by atoms with Crippen molar-refractivity contribution in [2.45, 2.75) is 32.1 Å². The van der Waals surface area contributed by atoms with Crippen LogP contribution in [0.1, 0.15) is 32.1 Å². The maximum Gasteiger partial charge on any atom is 0.227 e. The van der Waals surface area contributed by atoms with Crippen molar-refractivity contribution in [3.63, 3.8) is 0 Å². The highest BCUT2D eigenvalue weighted by molar-refractivity contribution is 5.98. The van der Waals surface area contributed by atoms with Crippen LogP contribution in [0.2, 0.25) is 0 Å². The van der Waals surface area contributed by atoms with E-state index in [4.69, 9.17) is 9.40 Å². The van der Waals surface area contributed by atoms with Gasteiger partial charge in [0.15, 0.2) is 5.82 Å². The van der Waals surface area contributed by atoms with Gasteiger partial charge in [0.05, 0.1) is 40.8 Å². The summed E-state index contributed by atoms with van der Waals surface area (Å²) >= 11 is 0. The summed E-state index contributed by atoms with van der Waals surface area (Å²) in [5.74, 6) is -0.0352. The van der Waals surface area contributed by atoms with Gasteiger partial charge in [0.2, 0.25) is 5.91 Å². The number of carbonyl (C=O) groups is 1. The van der Waals surface area contributed by atoms with Crippen molar-refractivity contribution in [3.05, 3.63) is 67.3 Å². The second-order valence-corrected chi connectivity index (χ2v) is 9.86. The predicted molar refractivity (Wildman–Crippen MR) is 145 cm³/mol. The molecule has 194 valence electrons. The number of anilines is 1. The number of hydrogen-bond acceptors (Lipinski definition) is 6. The lowest BCUT2D eigenvalue weighted by Gasteiger charge is -2.20. The Hall–Kier alpha value is -4.86. The Kier molecular flexibility index (Phi) is 5.65. The number of benzene rings is 1. The van der Waals surface area contributed by atoms with E-state index in [1.807, 2.05) is 12.1 Å². The van der Waals surface area contributed by atoms with E-state index < -0.39 is 5.82 Å². The Morgan fingerprint density at radius 1 is 1.03 bits per heavy atom. The molecule has 39 heavy (non-hydrogen) atoms. The molecule has 1 aliphatic rings. The standard InChI is InChI=1S/C29H24FN7O2/c30-24-20(18-12-19(14-31-13-18)33-29(38)16-4-2-1-3-5-16)6-7-21-23(24)27(37-36-21)28-34-22-8-10-32-25(26(22)35-28)17-9-11-39-15-17/h6-16H,1-5H2,(H,33,38)(H,34,35)(H,36,37). The number of furan rings is 1. The van der Waals surface area contributed by atoms with E-state index in [2.05, 4.69) is 30.5 Å². The summed E-state index contributed by atoms with van der Waals surface area (Å²) in [5.41, 5.74) is 5.17. The molecule has 0 atom stereocenters. The molecule has 6 aromatic rings. The largest absolute Gasteiger partial charge is 0.472 e. The summed E-state index contributed by atoms with van der Waals surface area (Å²) in [4.78, 5) is 29.5. The monoisotopic (exact) mass is 521 g/mol. The van der Waals surface area contributed by atoms with E-state index in [1.165, 1.54) is 6.42 Å². The molecule has 1 aliphatic carbocycles. The summed E-state index contributed by atoms with van der Waals surface area (Å²) in [6, 6.07) is 8.83. The highest BCUT2D eigenvalue weighted by Gasteiger charge is 2.23. The van der Waals surface area contributed by atoms with Crippen molar-refractivity contribution in [1.82, 2.24) is 30.1 Å². The van der Waals surface area contributed by atoms with Crippen LogP contribution in [0.5, 0.6) is 0 Å². The number of aromatic nitrogens is 6. The number of imidazole rings is 1. The van der Waals surface area contributed by atoms with Crippen LogP contribution in [0.4, 0.5) is 10.1 Å². The minimum Gasteiger partial charge on any atom is -0.472 e. The number of hydrogen-bond donors (Lipinski definition) is 3. The van der Waals surface area contributed by atoms with Crippen LogP contribution >= 0.6 is 0 Å². The zero-order valence-electron chi connectivity index (χ0n) is 20.9. The van der Waals surface area contributed by atoms with Crippen LogP contribution < -0.4 is 5.32 Å². The van der Waals surface area contributed by atoms with Gasteiger partial charge in [0.25, 0.3) is 0 Å². The number of amides is 1. The number of rotatable bonds is 5. The van der Waals surface area contributed by atoms with Crippen LogP contribution in [-0.4, -0.2) is 36.0 Å². The molecule has 5 heterocycles. The molecular formula is C29H24FN7O2. The third kappa shape index (κ3) is 4.14. The smallest absolute Gasteiger partial charge is 0.227 e. The summed E-state index contributed by atoms with van der Waals surface area (Å²) in [6.07, 6.45) is 13.1. The van der Waals surface area contributed by atoms with Gasteiger partial charge < -0.3 is 14.7 Å². The molecule has 1 aromatic carbocycles. The quantitative estimate of drug-likeness (QED) is 0.238. The van der Waals surface area contributed by atoms with Crippen LogP contribution in [0.25, 0.3) is 55.8 Å². The fourth-order valence-corrected chi connectivity index (χ4v) is 5.39. The van der Waals surface area contributed by atoms with Gasteiger partial charge in [-0.1, -0.05) is 19.3 Å². The third-order valence-electron chi connectivity index (χ3n) is 7.38. The SMILES string of the molecule is O=C(Nc1cncc(-c2ccc3[nH]nc(-c4nc5c(-c6ccoc6)nccc5[nH]4)c3c2F)c1)C1CCCCC1. The highest BCUT2D eigenvalue weighted by Crippen LogP contribution is 2.35. The van der Waals surface area contributed by atoms with Crippen LogP contribution in [0, 0.1) is 11.7 Å². The summed E-state index contributed by atoms with van der Waals surface area (Å²) in [6.45, 7) is 0. The van der Waals surface area contributed by atoms with Gasteiger partial charge in [0, 0.05) is 35.0 Å². The minimum atomic E-state index is -0.456. The lowest BCUT2D eigenvalue weighted by atomic mass is 9.88. The number of nitrogens with one attached hydrogen (secondary N) is 3. The zero-order valence-corrected chi connectivity index (χ0v) is 20.9. The van der Waals surface area contributed by atoms with Crippen LogP contribution in [0.15, 0.2) is 65.9 Å². The number of nitrogens with zero attached hydrogens (tertiary/aromatic N) is 4. The molecular weight excluding hydrogens is 497 g/mol. The Morgan fingerprint density at radius 2 is 1.92 bits per heavy atom. The summed E-state index contributed by atoms with van der Waals surface area (Å²) in [7, 11) is 0. The lowest BCUT2D eigenvalue weighted by Crippen LogP contribution is -2.24. The van der Waals surface area contributed by atoms with E-state index in [0.717, 1.165) is 36.8 Å². The van der Waals surface area contributed by atoms with E-state index >= 15 is 4.39 Å². The molecule has 1 saturated carbocycles. The summed E-state index contributed by atoms with van der Waals surface area (Å²) in [5, 5.41) is 10.6. The Morgan fingerprint density at radius 3 is 2.77 bits per heavy atom. The van der Waals surface area contributed by atoms with Crippen molar-refractivity contribution in [2.24, 2.45) is 5.92 Å². The maximum atomic E-state index is 16.1. The number of halogens is 1. The zero-order chi connectivity index (χ0) is 26.3. The third-order valence-corrected chi connectivity index (χ3v) is 7.38. The molecule has 3 N–H and O–H groups in total. The van der Waals surface area contributed by atoms with Crippen molar-refractivity contribution in [1.29, 1.82) is 0 Å². The molecule has 1 fully saturated rings. The lowest BCUT2D eigenvalue weighted by molar-refractivity contribution is -0.120. The van der Waals surface area contributed by atoms with Crippen molar-refractivity contribution >= 4 is 33.5 Å². The van der Waals surface area contributed by atoms with Crippen molar-refractivity contribution in [3.8, 4) is 33.9 Å². The fraction of sp³-hybridized carbons (Fsp3) is 0.207. The molecule has 0 spiro atoms. The first-order chi connectivity index (χ1) is 19.2. The molecule has 9 nitrogen and oxygen atoms in total. The molecule has 7 rings (SSSR count). The highest BCUT2D eigenvalue weighted by atomic mass is 19.1. The fourth-order valence-electron chi connectivity index (χ4n) is 5.39. The molecule has 0 unspecified atom stereocenters. The molecule has 0 bridgehead atoms. The molecule has 5 aromatic heterocycles. The van der Waals surface area contributed by atoms with Gasteiger partial charge in [-0.3, -0.25) is 19.9 Å². The Bertz CT molecular complexity index is 1820. The molecule has 0 saturated heterocycles. The Labute approximate surface area is 221 Å². The van der Waals surface area contributed by atoms with Gasteiger partial charge in [-0.25, -0.2) is 9.37 Å². The van der Waals surface area contributed by atoms with Crippen LogP contribution in [-0.2, 0) is 4.79 Å². The number of H-pyrrole nitrogens is 2. The average molecular weight is 522 g/mol. The maximum absolute atomic E-state index is 16.1. The second kappa shape index (κ2) is 9.46. The van der Waals surface area contributed by atoms with E-state index in [1.54, 1.807) is 49.3 Å². The average Bonchev–Trinajstić information content (AvgIpc) is 3.73. The number of pyridine rings is 2. The van der Waals surface area contributed by atoms with E-state index in [-0.39, 0.29) is 11.8 Å². The van der Waals surface area contributed by atoms with E-state index in [9.17, 15) is 4.79 Å². The van der Waals surface area contributed by atoms with Gasteiger partial charge >= 0.3 is 0 Å². The van der Waals surface area contributed by atoms with Crippen molar-refractivity contribution < 1.29 is 13.6 Å². The minimum absolute atomic E-state index is 0.00383.